The van der Waals surface area contributed by atoms with E-state index in [-0.39, 0.29) is 6.10 Å². The number of rotatable bonds is 21. The van der Waals surface area contributed by atoms with E-state index in [0.29, 0.717) is 13.2 Å². The van der Waals surface area contributed by atoms with Crippen molar-refractivity contribution in [2.24, 2.45) is 10.2 Å². The van der Waals surface area contributed by atoms with Crippen molar-refractivity contribution in [3.05, 3.63) is 78.4 Å². The van der Waals surface area contributed by atoms with Gasteiger partial charge in [-0.3, -0.25) is 0 Å². The van der Waals surface area contributed by atoms with Crippen LogP contribution in [-0.2, 0) is 11.3 Å². The molecule has 0 fully saturated rings. The molecule has 7 heteroatoms. The van der Waals surface area contributed by atoms with E-state index in [2.05, 4.69) is 36.7 Å². The minimum absolute atomic E-state index is 0.0789. The minimum Gasteiger partial charge on any atom is -0.494 e. The van der Waals surface area contributed by atoms with E-state index >= 15 is 0 Å². The third kappa shape index (κ3) is 13.9. The van der Waals surface area contributed by atoms with Gasteiger partial charge in [0.2, 0.25) is 0 Å². The molecule has 0 aliphatic heterocycles. The Kier molecular flexibility index (Phi) is 15.8. The molecular weight excluding hydrogens is 532 g/mol. The highest BCUT2D eigenvalue weighted by Crippen LogP contribution is 2.24. The van der Waals surface area contributed by atoms with Crippen LogP contribution in [-0.4, -0.2) is 31.7 Å². The zero-order valence-corrected chi connectivity index (χ0v) is 25.6. The number of benzene rings is 3. The quantitative estimate of drug-likeness (QED) is 0.0776. The van der Waals surface area contributed by atoms with Crippen molar-refractivity contribution >= 4 is 24.0 Å². The maximum Gasteiger partial charge on any atom is 0.119 e. The molecule has 0 saturated carbocycles. The Labute approximate surface area is 251 Å². The maximum atomic E-state index is 5.94. The van der Waals surface area contributed by atoms with Gasteiger partial charge in [0.15, 0.2) is 0 Å². The lowest BCUT2D eigenvalue weighted by Crippen LogP contribution is -2.18. The molecule has 0 bridgehead atoms. The summed E-state index contributed by atoms with van der Waals surface area (Å²) in [5.74, 6) is 3.43. The molecule has 0 amide bonds. The summed E-state index contributed by atoms with van der Waals surface area (Å²) in [6.07, 6.45) is 9.54. The van der Waals surface area contributed by atoms with Gasteiger partial charge in [0.25, 0.3) is 0 Å². The second-order valence-corrected chi connectivity index (χ2v) is 10.6. The van der Waals surface area contributed by atoms with Gasteiger partial charge in [-0.25, -0.2) is 0 Å². The SMILES string of the molecule is CCCCCCO[C@@H](C)COc1ccc(COc2ccc(N=Nc3ccc(OCCCCCCS)cc3)cc2)cc1. The number of azo groups is 1. The fourth-order valence-electron chi connectivity index (χ4n) is 4.01. The number of thiol groups is 1. The van der Waals surface area contributed by atoms with Gasteiger partial charge < -0.3 is 18.9 Å². The van der Waals surface area contributed by atoms with Crippen LogP contribution in [0.15, 0.2) is 83.0 Å². The molecule has 0 unspecified atom stereocenters. The van der Waals surface area contributed by atoms with E-state index in [1.807, 2.05) is 72.8 Å². The topological polar surface area (TPSA) is 61.6 Å². The number of hydrogen-bond donors (Lipinski definition) is 1. The minimum atomic E-state index is 0.0789. The van der Waals surface area contributed by atoms with Crippen molar-refractivity contribution in [1.82, 2.24) is 0 Å². The highest BCUT2D eigenvalue weighted by molar-refractivity contribution is 7.80. The fraction of sp³-hybridized carbons (Fsp3) is 0.471. The van der Waals surface area contributed by atoms with Gasteiger partial charge in [-0.2, -0.15) is 22.9 Å². The summed E-state index contributed by atoms with van der Waals surface area (Å²) in [6.45, 7) is 6.82. The molecule has 0 heterocycles. The third-order valence-electron chi connectivity index (χ3n) is 6.49. The first-order chi connectivity index (χ1) is 20.2. The molecule has 1 atom stereocenters. The van der Waals surface area contributed by atoms with Crippen LogP contribution in [0, 0.1) is 0 Å². The summed E-state index contributed by atoms with van der Waals surface area (Å²) >= 11 is 4.24. The van der Waals surface area contributed by atoms with Crippen LogP contribution < -0.4 is 14.2 Å². The summed E-state index contributed by atoms with van der Waals surface area (Å²) in [5.41, 5.74) is 2.62. The van der Waals surface area contributed by atoms with Crippen molar-refractivity contribution in [2.75, 3.05) is 25.6 Å². The van der Waals surface area contributed by atoms with Crippen molar-refractivity contribution in [3.8, 4) is 17.2 Å². The average molecular weight is 579 g/mol. The number of unbranched alkanes of at least 4 members (excludes halogenated alkanes) is 6. The largest absolute Gasteiger partial charge is 0.494 e. The monoisotopic (exact) mass is 578 g/mol. The first-order valence-corrected chi connectivity index (χ1v) is 15.6. The maximum absolute atomic E-state index is 5.94. The summed E-state index contributed by atoms with van der Waals surface area (Å²) in [4.78, 5) is 0. The van der Waals surface area contributed by atoms with Gasteiger partial charge >= 0.3 is 0 Å². The van der Waals surface area contributed by atoms with Crippen LogP contribution in [0.3, 0.4) is 0 Å². The lowest BCUT2D eigenvalue weighted by molar-refractivity contribution is 0.0302. The molecular formula is C34H46N2O4S. The van der Waals surface area contributed by atoms with Crippen LogP contribution in [0.2, 0.25) is 0 Å². The second-order valence-electron chi connectivity index (χ2n) is 10.2. The van der Waals surface area contributed by atoms with Gasteiger partial charge in [0.05, 0.1) is 24.1 Å². The molecule has 0 spiro atoms. The van der Waals surface area contributed by atoms with Crippen LogP contribution in [0.1, 0.15) is 70.8 Å². The van der Waals surface area contributed by atoms with Gasteiger partial charge in [0.1, 0.15) is 30.5 Å². The lowest BCUT2D eigenvalue weighted by Gasteiger charge is -2.14. The normalized spacial score (nSPS) is 12.0. The average Bonchev–Trinajstić information content (AvgIpc) is 3.01. The molecule has 0 N–H and O–H groups in total. The Morgan fingerprint density at radius 2 is 1.15 bits per heavy atom. The van der Waals surface area contributed by atoms with Gasteiger partial charge in [-0.15, -0.1) is 0 Å². The van der Waals surface area contributed by atoms with E-state index in [1.54, 1.807) is 0 Å². The summed E-state index contributed by atoms with van der Waals surface area (Å²) in [5, 5.41) is 8.67. The molecule has 222 valence electrons. The van der Waals surface area contributed by atoms with Crippen LogP contribution in [0.5, 0.6) is 17.2 Å². The van der Waals surface area contributed by atoms with E-state index in [1.165, 1.54) is 38.5 Å². The van der Waals surface area contributed by atoms with Gasteiger partial charge in [0, 0.05) is 6.61 Å². The highest BCUT2D eigenvalue weighted by atomic mass is 32.1. The van der Waals surface area contributed by atoms with Gasteiger partial charge in [-0.05, 0) is 98.2 Å². The fourth-order valence-corrected chi connectivity index (χ4v) is 4.24. The van der Waals surface area contributed by atoms with Gasteiger partial charge in [-0.1, -0.05) is 51.2 Å². The molecule has 0 aliphatic rings. The van der Waals surface area contributed by atoms with Crippen molar-refractivity contribution < 1.29 is 18.9 Å². The second kappa shape index (κ2) is 19.9. The first kappa shape index (κ1) is 32.5. The molecule has 3 aromatic carbocycles. The van der Waals surface area contributed by atoms with E-state index in [9.17, 15) is 0 Å². The third-order valence-corrected chi connectivity index (χ3v) is 6.81. The zero-order valence-electron chi connectivity index (χ0n) is 24.7. The smallest absolute Gasteiger partial charge is 0.119 e. The molecule has 6 nitrogen and oxygen atoms in total. The van der Waals surface area contributed by atoms with E-state index in [4.69, 9.17) is 18.9 Å². The lowest BCUT2D eigenvalue weighted by atomic mass is 10.2. The predicted molar refractivity (Wildman–Crippen MR) is 171 cm³/mol. The summed E-state index contributed by atoms with van der Waals surface area (Å²) in [6, 6.07) is 23.3. The zero-order chi connectivity index (χ0) is 29.0. The van der Waals surface area contributed by atoms with Crippen molar-refractivity contribution in [1.29, 1.82) is 0 Å². The molecule has 41 heavy (non-hydrogen) atoms. The summed E-state index contributed by atoms with van der Waals surface area (Å²) < 4.78 is 23.5. The summed E-state index contributed by atoms with van der Waals surface area (Å²) in [7, 11) is 0. The van der Waals surface area contributed by atoms with Crippen molar-refractivity contribution in [2.45, 2.75) is 77.9 Å². The Bertz CT molecular complexity index is 1110. The molecule has 0 saturated heterocycles. The Morgan fingerprint density at radius 1 is 0.610 bits per heavy atom. The Morgan fingerprint density at radius 3 is 1.78 bits per heavy atom. The Balaban J connectivity index is 1.34. The first-order valence-electron chi connectivity index (χ1n) is 15.0. The molecule has 3 rings (SSSR count). The molecule has 0 aromatic heterocycles. The molecule has 0 aliphatic carbocycles. The van der Waals surface area contributed by atoms with Crippen molar-refractivity contribution in [3.63, 3.8) is 0 Å². The number of ether oxygens (including phenoxy) is 4. The predicted octanol–water partition coefficient (Wildman–Crippen LogP) is 9.91. The molecule has 3 aromatic rings. The van der Waals surface area contributed by atoms with E-state index in [0.717, 1.165) is 66.0 Å². The van der Waals surface area contributed by atoms with Crippen LogP contribution in [0.4, 0.5) is 11.4 Å². The van der Waals surface area contributed by atoms with Crippen LogP contribution in [0.25, 0.3) is 0 Å². The number of nitrogens with zero attached hydrogens (tertiary/aromatic N) is 2. The number of hydrogen-bond acceptors (Lipinski definition) is 7. The van der Waals surface area contributed by atoms with E-state index < -0.39 is 0 Å². The standard InChI is InChI=1S/C34H46N2O4S/c1-3-4-5-8-23-37-28(2)26-39-33-17-11-29(12-18-33)27-40-34-21-15-31(16-22-34)36-35-30-13-19-32(20-14-30)38-24-9-6-7-10-25-41/h11-22,28,41H,3-10,23-27H2,1-2H3/t28-/m0/s1. The highest BCUT2D eigenvalue weighted by Gasteiger charge is 2.04. The molecule has 0 radical (unpaired) electrons. The van der Waals surface area contributed by atoms with Crippen LogP contribution >= 0.6 is 12.6 Å². The Hall–Kier alpha value is -3.03.